The topological polar surface area (TPSA) is 26.0 Å². The van der Waals surface area contributed by atoms with Crippen molar-refractivity contribution in [3.05, 3.63) is 77.9 Å². The first-order chi connectivity index (χ1) is 11.2. The molecule has 0 aromatic heterocycles. The maximum absolute atomic E-state index is 5.86. The van der Waals surface area contributed by atoms with Crippen molar-refractivity contribution in [2.75, 3.05) is 0 Å². The Labute approximate surface area is 145 Å². The van der Waals surface area contributed by atoms with Crippen LogP contribution in [0.3, 0.4) is 0 Å². The average Bonchev–Trinajstić information content (AvgIpc) is 2.58. The summed E-state index contributed by atoms with van der Waals surface area (Å²) in [5.74, 6) is 0. The first-order valence-corrected chi connectivity index (χ1v) is 8.93. The summed E-state index contributed by atoms with van der Waals surface area (Å²) in [6.45, 7) is 14.0. The van der Waals surface area contributed by atoms with Crippen LogP contribution in [0.1, 0.15) is 44.7 Å². The summed E-state index contributed by atoms with van der Waals surface area (Å²) < 4.78 is 0. The Morgan fingerprint density at radius 3 is 2.52 bits per heavy atom. The van der Waals surface area contributed by atoms with Gasteiger partial charge in [0, 0.05) is 10.6 Å². The van der Waals surface area contributed by atoms with E-state index in [9.17, 15) is 0 Å². The number of nitrogens with two attached hydrogens (primary N) is 1. The van der Waals surface area contributed by atoms with Gasteiger partial charge in [-0.25, -0.2) is 0 Å². The molecule has 1 aromatic carbocycles. The van der Waals surface area contributed by atoms with Crippen molar-refractivity contribution in [3.63, 3.8) is 0 Å². The number of hydrogen-bond donors (Lipinski definition) is 1. The molecule has 0 fully saturated rings. The van der Waals surface area contributed by atoms with Crippen LogP contribution in [0.5, 0.6) is 0 Å². The Bertz CT molecular complexity index is 648. The monoisotopic (exact) mass is 325 g/mol. The molecule has 0 atom stereocenters. The highest BCUT2D eigenvalue weighted by molar-refractivity contribution is 8.02. The predicted molar refractivity (Wildman–Crippen MR) is 107 cm³/mol. The fraction of sp³-hybridized carbons (Fsp3) is 0.238. The second-order valence-corrected chi connectivity index (χ2v) is 5.90. The lowest BCUT2D eigenvalue weighted by molar-refractivity contribution is 0.955. The SMILES string of the molecule is C=CSc1c(C(=C)/C=C\C)cccc1C1=CC=C(N)CC1.CC. The van der Waals surface area contributed by atoms with Crippen molar-refractivity contribution in [2.45, 2.75) is 38.5 Å². The molecule has 0 heterocycles. The van der Waals surface area contributed by atoms with Gasteiger partial charge in [-0.2, -0.15) is 0 Å². The molecule has 0 amide bonds. The zero-order valence-corrected chi connectivity index (χ0v) is 15.2. The Balaban J connectivity index is 0.00000127. The van der Waals surface area contributed by atoms with Gasteiger partial charge < -0.3 is 5.73 Å². The van der Waals surface area contributed by atoms with E-state index in [-0.39, 0.29) is 0 Å². The molecule has 0 radical (unpaired) electrons. The molecule has 2 rings (SSSR count). The lowest BCUT2D eigenvalue weighted by atomic mass is 9.93. The van der Waals surface area contributed by atoms with Crippen LogP contribution in [0.25, 0.3) is 11.1 Å². The zero-order valence-electron chi connectivity index (χ0n) is 14.4. The van der Waals surface area contributed by atoms with Gasteiger partial charge in [0.05, 0.1) is 0 Å². The van der Waals surface area contributed by atoms with Gasteiger partial charge in [0.15, 0.2) is 0 Å². The summed E-state index contributed by atoms with van der Waals surface area (Å²) in [6.07, 6.45) is 10.1. The molecule has 0 unspecified atom stereocenters. The van der Waals surface area contributed by atoms with Crippen molar-refractivity contribution in [1.82, 2.24) is 0 Å². The van der Waals surface area contributed by atoms with Crippen LogP contribution in [0.2, 0.25) is 0 Å². The van der Waals surface area contributed by atoms with Gasteiger partial charge in [-0.3, -0.25) is 0 Å². The molecule has 0 bridgehead atoms. The van der Waals surface area contributed by atoms with E-state index in [1.807, 2.05) is 44.4 Å². The second-order valence-electron chi connectivity index (χ2n) is 4.93. The van der Waals surface area contributed by atoms with Gasteiger partial charge >= 0.3 is 0 Å². The molecular weight excluding hydrogens is 298 g/mol. The quantitative estimate of drug-likeness (QED) is 0.490. The molecule has 2 N–H and O–H groups in total. The molecular formula is C21H27NS. The molecule has 1 aliphatic rings. The van der Waals surface area contributed by atoms with Crippen molar-refractivity contribution in [1.29, 1.82) is 0 Å². The number of benzene rings is 1. The minimum Gasteiger partial charge on any atom is -0.402 e. The lowest BCUT2D eigenvalue weighted by Crippen LogP contribution is -2.02. The summed E-state index contributed by atoms with van der Waals surface area (Å²) >= 11 is 1.65. The third-order valence-corrected chi connectivity index (χ3v) is 4.30. The van der Waals surface area contributed by atoms with E-state index in [2.05, 4.69) is 37.4 Å². The summed E-state index contributed by atoms with van der Waals surface area (Å²) in [4.78, 5) is 1.22. The van der Waals surface area contributed by atoms with E-state index in [4.69, 9.17) is 5.73 Å². The van der Waals surface area contributed by atoms with Gasteiger partial charge in [-0.15, -0.1) is 0 Å². The first-order valence-electron chi connectivity index (χ1n) is 8.05. The van der Waals surface area contributed by atoms with Gasteiger partial charge in [-0.05, 0) is 53.5 Å². The van der Waals surface area contributed by atoms with Gasteiger partial charge in [-0.1, -0.05) is 75.2 Å². The lowest BCUT2D eigenvalue weighted by Gasteiger charge is -2.18. The number of allylic oxidation sites excluding steroid dienone is 7. The highest BCUT2D eigenvalue weighted by Gasteiger charge is 2.14. The Hall–Kier alpha value is -1.93. The summed E-state index contributed by atoms with van der Waals surface area (Å²) in [7, 11) is 0. The Morgan fingerprint density at radius 2 is 1.96 bits per heavy atom. The van der Waals surface area contributed by atoms with Gasteiger partial charge in [0.25, 0.3) is 0 Å². The second kappa shape index (κ2) is 9.96. The zero-order chi connectivity index (χ0) is 17.2. The van der Waals surface area contributed by atoms with E-state index in [1.54, 1.807) is 11.8 Å². The molecule has 0 saturated carbocycles. The molecule has 0 aliphatic heterocycles. The van der Waals surface area contributed by atoms with Crippen LogP contribution in [0.4, 0.5) is 0 Å². The first kappa shape index (κ1) is 19.1. The molecule has 122 valence electrons. The molecule has 1 aromatic rings. The maximum atomic E-state index is 5.86. The standard InChI is InChI=1S/C19H21NS.C2H6/c1-4-7-14(3)17-8-6-9-18(19(17)21-5-2)15-10-12-16(20)13-11-15;1-2/h4-10,12H,2-3,11,13,20H2,1H3;1-2H3/b7-4-;. The average molecular weight is 326 g/mol. The molecule has 0 spiro atoms. The van der Waals surface area contributed by atoms with Crippen molar-refractivity contribution < 1.29 is 0 Å². The number of thioether (sulfide) groups is 1. The van der Waals surface area contributed by atoms with Crippen LogP contribution in [0.15, 0.2) is 71.7 Å². The third kappa shape index (κ3) is 5.04. The minimum absolute atomic E-state index is 0.921. The number of rotatable bonds is 5. The third-order valence-electron chi connectivity index (χ3n) is 3.46. The smallest absolute Gasteiger partial charge is 0.0269 e. The van der Waals surface area contributed by atoms with E-state index in [0.717, 1.165) is 24.1 Å². The largest absolute Gasteiger partial charge is 0.402 e. The van der Waals surface area contributed by atoms with E-state index >= 15 is 0 Å². The summed E-state index contributed by atoms with van der Waals surface area (Å²) in [5, 5.41) is 1.87. The molecule has 1 aliphatic carbocycles. The van der Waals surface area contributed by atoms with Crippen molar-refractivity contribution >= 4 is 22.9 Å². The van der Waals surface area contributed by atoms with Crippen molar-refractivity contribution in [2.24, 2.45) is 5.73 Å². The Morgan fingerprint density at radius 1 is 1.22 bits per heavy atom. The summed E-state index contributed by atoms with van der Waals surface area (Å²) in [5.41, 5.74) is 11.6. The van der Waals surface area contributed by atoms with Crippen LogP contribution in [-0.4, -0.2) is 0 Å². The fourth-order valence-electron chi connectivity index (χ4n) is 2.42. The molecule has 1 nitrogen and oxygen atoms in total. The van der Waals surface area contributed by atoms with Crippen LogP contribution in [0, 0.1) is 0 Å². The highest BCUT2D eigenvalue weighted by Crippen LogP contribution is 2.38. The molecule has 2 heteroatoms. The van der Waals surface area contributed by atoms with Crippen LogP contribution < -0.4 is 5.73 Å². The Kier molecular flexibility index (Phi) is 8.28. The normalized spacial score (nSPS) is 13.7. The minimum atomic E-state index is 0.921. The van der Waals surface area contributed by atoms with E-state index in [0.29, 0.717) is 0 Å². The molecule has 23 heavy (non-hydrogen) atoms. The van der Waals surface area contributed by atoms with Gasteiger partial charge in [0.2, 0.25) is 0 Å². The number of hydrogen-bond acceptors (Lipinski definition) is 2. The van der Waals surface area contributed by atoms with E-state index in [1.165, 1.54) is 21.6 Å². The van der Waals surface area contributed by atoms with Crippen LogP contribution in [-0.2, 0) is 0 Å². The van der Waals surface area contributed by atoms with E-state index < -0.39 is 0 Å². The summed E-state index contributed by atoms with van der Waals surface area (Å²) in [6, 6.07) is 6.37. The highest BCUT2D eigenvalue weighted by atomic mass is 32.2. The fourth-order valence-corrected chi connectivity index (χ4v) is 3.24. The van der Waals surface area contributed by atoms with Crippen LogP contribution >= 0.6 is 11.8 Å². The molecule has 0 saturated heterocycles. The van der Waals surface area contributed by atoms with Crippen molar-refractivity contribution in [3.8, 4) is 0 Å². The maximum Gasteiger partial charge on any atom is 0.0269 e. The predicted octanol–water partition coefficient (Wildman–Crippen LogP) is 6.56. The van der Waals surface area contributed by atoms with Gasteiger partial charge in [0.1, 0.15) is 0 Å².